The summed E-state index contributed by atoms with van der Waals surface area (Å²) in [5, 5.41) is 5.20. The maximum absolute atomic E-state index is 12.2. The zero-order valence-electron chi connectivity index (χ0n) is 14.6. The SMILES string of the molecule is CCc1ccc(S(=O)(=O)NCC(=O)Nc2ccc(NC(C)=O)cc2)cc1. The number of carbonyl (C=O) groups is 2. The van der Waals surface area contributed by atoms with Crippen molar-refractivity contribution < 1.29 is 18.0 Å². The molecule has 7 nitrogen and oxygen atoms in total. The van der Waals surface area contributed by atoms with Gasteiger partial charge in [-0.3, -0.25) is 9.59 Å². The summed E-state index contributed by atoms with van der Waals surface area (Å²) in [6.07, 6.45) is 0.816. The number of anilines is 2. The van der Waals surface area contributed by atoms with E-state index in [1.807, 2.05) is 6.92 Å². The molecule has 0 saturated carbocycles. The van der Waals surface area contributed by atoms with Crippen molar-refractivity contribution in [2.75, 3.05) is 17.2 Å². The highest BCUT2D eigenvalue weighted by molar-refractivity contribution is 7.89. The molecule has 3 N–H and O–H groups in total. The molecule has 2 aromatic rings. The highest BCUT2D eigenvalue weighted by atomic mass is 32.2. The van der Waals surface area contributed by atoms with Crippen LogP contribution < -0.4 is 15.4 Å². The molecule has 0 aliphatic carbocycles. The molecule has 0 aliphatic heterocycles. The molecule has 0 aromatic heterocycles. The molecule has 8 heteroatoms. The Hall–Kier alpha value is -2.71. The third-order valence-corrected chi connectivity index (χ3v) is 4.97. The second kappa shape index (κ2) is 8.59. The number of nitrogens with one attached hydrogen (secondary N) is 3. The Morgan fingerprint density at radius 1 is 0.885 bits per heavy atom. The van der Waals surface area contributed by atoms with Gasteiger partial charge in [-0.1, -0.05) is 19.1 Å². The molecule has 0 fully saturated rings. The lowest BCUT2D eigenvalue weighted by Gasteiger charge is -2.09. The molecule has 0 spiro atoms. The second-order valence-corrected chi connectivity index (χ2v) is 7.40. The fraction of sp³-hybridized carbons (Fsp3) is 0.222. The predicted molar refractivity (Wildman–Crippen MR) is 100 cm³/mol. The molecule has 0 radical (unpaired) electrons. The monoisotopic (exact) mass is 375 g/mol. The maximum atomic E-state index is 12.2. The number of amides is 2. The van der Waals surface area contributed by atoms with Gasteiger partial charge < -0.3 is 10.6 Å². The minimum Gasteiger partial charge on any atom is -0.326 e. The van der Waals surface area contributed by atoms with E-state index in [0.717, 1.165) is 12.0 Å². The van der Waals surface area contributed by atoms with Crippen LogP contribution in [0.3, 0.4) is 0 Å². The summed E-state index contributed by atoms with van der Waals surface area (Å²) in [4.78, 5) is 23.0. The summed E-state index contributed by atoms with van der Waals surface area (Å²) < 4.78 is 26.7. The normalized spacial score (nSPS) is 11.0. The summed E-state index contributed by atoms with van der Waals surface area (Å²) in [7, 11) is -3.75. The smallest absolute Gasteiger partial charge is 0.241 e. The van der Waals surface area contributed by atoms with Crippen molar-refractivity contribution in [2.45, 2.75) is 25.2 Å². The van der Waals surface area contributed by atoms with Crippen LogP contribution in [0.4, 0.5) is 11.4 Å². The molecule has 138 valence electrons. The Kier molecular flexibility index (Phi) is 6.48. The van der Waals surface area contributed by atoms with Gasteiger partial charge in [-0.25, -0.2) is 13.1 Å². The van der Waals surface area contributed by atoms with Crippen molar-refractivity contribution in [2.24, 2.45) is 0 Å². The van der Waals surface area contributed by atoms with Gasteiger partial charge in [-0.2, -0.15) is 0 Å². The molecular formula is C18H21N3O4S. The fourth-order valence-corrected chi connectivity index (χ4v) is 3.18. The van der Waals surface area contributed by atoms with Gasteiger partial charge in [0, 0.05) is 18.3 Å². The first-order valence-corrected chi connectivity index (χ1v) is 9.54. The lowest BCUT2D eigenvalue weighted by Crippen LogP contribution is -2.32. The van der Waals surface area contributed by atoms with Crippen LogP contribution in [0, 0.1) is 0 Å². The first-order valence-electron chi connectivity index (χ1n) is 8.06. The molecule has 0 bridgehead atoms. The summed E-state index contributed by atoms with van der Waals surface area (Å²) in [5.74, 6) is -0.686. The Morgan fingerprint density at radius 2 is 1.42 bits per heavy atom. The summed E-state index contributed by atoms with van der Waals surface area (Å²) in [6.45, 7) is 3.00. The van der Waals surface area contributed by atoms with Crippen LogP contribution in [0.2, 0.25) is 0 Å². The predicted octanol–water partition coefficient (Wildman–Crippen LogP) is 2.12. The number of aryl methyl sites for hydroxylation is 1. The molecule has 0 atom stereocenters. The highest BCUT2D eigenvalue weighted by Crippen LogP contribution is 2.14. The molecule has 0 saturated heterocycles. The van der Waals surface area contributed by atoms with Crippen molar-refractivity contribution in [3.05, 3.63) is 54.1 Å². The quantitative estimate of drug-likeness (QED) is 0.689. The first-order chi connectivity index (χ1) is 12.3. The minimum absolute atomic E-state index is 0.113. The van der Waals surface area contributed by atoms with Gasteiger partial charge in [-0.15, -0.1) is 0 Å². The third kappa shape index (κ3) is 5.68. The topological polar surface area (TPSA) is 104 Å². The number of carbonyl (C=O) groups excluding carboxylic acids is 2. The van der Waals surface area contributed by atoms with Gasteiger partial charge in [0.25, 0.3) is 0 Å². The molecule has 2 amide bonds. The van der Waals surface area contributed by atoms with Gasteiger partial charge in [0.1, 0.15) is 0 Å². The zero-order chi connectivity index (χ0) is 19.2. The summed E-state index contributed by atoms with van der Waals surface area (Å²) in [5.41, 5.74) is 2.13. The van der Waals surface area contributed by atoms with Gasteiger partial charge in [0.15, 0.2) is 0 Å². The highest BCUT2D eigenvalue weighted by Gasteiger charge is 2.15. The van der Waals surface area contributed by atoms with Crippen LogP contribution in [0.25, 0.3) is 0 Å². The van der Waals surface area contributed by atoms with Gasteiger partial charge in [0.05, 0.1) is 11.4 Å². The van der Waals surface area contributed by atoms with E-state index in [0.29, 0.717) is 11.4 Å². The van der Waals surface area contributed by atoms with E-state index in [9.17, 15) is 18.0 Å². The second-order valence-electron chi connectivity index (χ2n) is 5.63. The van der Waals surface area contributed by atoms with Gasteiger partial charge >= 0.3 is 0 Å². The molecule has 26 heavy (non-hydrogen) atoms. The van der Waals surface area contributed by atoms with Crippen LogP contribution in [-0.4, -0.2) is 26.8 Å². The largest absolute Gasteiger partial charge is 0.326 e. The molecule has 2 aromatic carbocycles. The van der Waals surface area contributed by atoms with Crippen molar-refractivity contribution in [1.82, 2.24) is 4.72 Å². The van der Waals surface area contributed by atoms with E-state index >= 15 is 0 Å². The average Bonchev–Trinajstić information content (AvgIpc) is 2.61. The zero-order valence-corrected chi connectivity index (χ0v) is 15.4. The van der Waals surface area contributed by atoms with E-state index in [2.05, 4.69) is 15.4 Å². The van der Waals surface area contributed by atoms with Crippen LogP contribution in [0.15, 0.2) is 53.4 Å². The number of hydrogen-bond donors (Lipinski definition) is 3. The van der Waals surface area contributed by atoms with Crippen molar-refractivity contribution in [3.8, 4) is 0 Å². The van der Waals surface area contributed by atoms with Crippen LogP contribution in [0.1, 0.15) is 19.4 Å². The van der Waals surface area contributed by atoms with E-state index < -0.39 is 15.9 Å². The third-order valence-electron chi connectivity index (χ3n) is 3.55. The van der Waals surface area contributed by atoms with Crippen molar-refractivity contribution >= 4 is 33.2 Å². The molecule has 2 rings (SSSR count). The Balaban J connectivity index is 1.91. The molecule has 0 heterocycles. The molecule has 0 unspecified atom stereocenters. The van der Waals surface area contributed by atoms with E-state index in [4.69, 9.17) is 0 Å². The van der Waals surface area contributed by atoms with Gasteiger partial charge in [-0.05, 0) is 48.4 Å². The van der Waals surface area contributed by atoms with E-state index in [-0.39, 0.29) is 17.3 Å². The lowest BCUT2D eigenvalue weighted by molar-refractivity contribution is -0.115. The fourth-order valence-electron chi connectivity index (χ4n) is 2.19. The van der Waals surface area contributed by atoms with Crippen molar-refractivity contribution in [1.29, 1.82) is 0 Å². The van der Waals surface area contributed by atoms with Crippen LogP contribution >= 0.6 is 0 Å². The van der Waals surface area contributed by atoms with E-state index in [1.165, 1.54) is 19.1 Å². The lowest BCUT2D eigenvalue weighted by atomic mass is 10.2. The maximum Gasteiger partial charge on any atom is 0.241 e. The number of hydrogen-bond acceptors (Lipinski definition) is 4. The number of benzene rings is 2. The van der Waals surface area contributed by atoms with Gasteiger partial charge in [0.2, 0.25) is 21.8 Å². The standard InChI is InChI=1S/C18H21N3O4S/c1-3-14-4-10-17(11-5-14)26(24,25)19-12-18(23)21-16-8-6-15(7-9-16)20-13(2)22/h4-11,19H,3,12H2,1-2H3,(H,20,22)(H,21,23). The average molecular weight is 375 g/mol. The first kappa shape index (κ1) is 19.6. The van der Waals surface area contributed by atoms with Crippen LogP contribution in [0.5, 0.6) is 0 Å². The van der Waals surface area contributed by atoms with Crippen LogP contribution in [-0.2, 0) is 26.0 Å². The number of rotatable bonds is 7. The molecule has 0 aliphatic rings. The Morgan fingerprint density at radius 3 is 1.92 bits per heavy atom. The Labute approximate surface area is 152 Å². The van der Waals surface area contributed by atoms with E-state index in [1.54, 1.807) is 36.4 Å². The Bertz CT molecular complexity index is 876. The number of sulfonamides is 1. The summed E-state index contributed by atoms with van der Waals surface area (Å²) in [6, 6.07) is 13.0. The minimum atomic E-state index is -3.75. The van der Waals surface area contributed by atoms with Crippen molar-refractivity contribution in [3.63, 3.8) is 0 Å². The summed E-state index contributed by atoms with van der Waals surface area (Å²) >= 11 is 0. The molecular weight excluding hydrogens is 354 g/mol.